The minimum atomic E-state index is 0.171. The standard InChI is InChI=1S/C25H32N4/c1-25(2,3)28-20-13-15-29(16-14-20)23-17-24(26-18-19-9-5-4-6-10-19)27-22-12-8-7-11-21(22)23/h4-12,17,20,28H,13-16,18H2,1-3H3,(H,26,27). The molecule has 2 N–H and O–H groups in total. The Labute approximate surface area is 174 Å². The highest BCUT2D eigenvalue weighted by molar-refractivity contribution is 5.93. The minimum Gasteiger partial charge on any atom is -0.371 e. The number of rotatable bonds is 5. The van der Waals surface area contributed by atoms with Gasteiger partial charge in [-0.05, 0) is 45.2 Å². The molecule has 1 aliphatic rings. The molecule has 3 aromatic rings. The molecule has 0 bridgehead atoms. The Morgan fingerprint density at radius 2 is 1.66 bits per heavy atom. The van der Waals surface area contributed by atoms with Crippen molar-refractivity contribution >= 4 is 22.4 Å². The molecule has 2 aromatic carbocycles. The monoisotopic (exact) mass is 388 g/mol. The van der Waals surface area contributed by atoms with Gasteiger partial charge >= 0.3 is 0 Å². The highest BCUT2D eigenvalue weighted by atomic mass is 15.2. The first-order chi connectivity index (χ1) is 14.0. The van der Waals surface area contributed by atoms with Crippen LogP contribution in [-0.4, -0.2) is 29.7 Å². The van der Waals surface area contributed by atoms with Gasteiger partial charge in [-0.2, -0.15) is 0 Å². The molecule has 0 aliphatic carbocycles. The molecular weight excluding hydrogens is 356 g/mol. The Hall–Kier alpha value is -2.59. The van der Waals surface area contributed by atoms with E-state index in [2.05, 4.69) is 90.9 Å². The predicted molar refractivity (Wildman–Crippen MR) is 124 cm³/mol. The fraction of sp³-hybridized carbons (Fsp3) is 0.400. The summed E-state index contributed by atoms with van der Waals surface area (Å²) in [7, 11) is 0. The van der Waals surface area contributed by atoms with Crippen LogP contribution in [0.1, 0.15) is 39.2 Å². The summed E-state index contributed by atoms with van der Waals surface area (Å²) < 4.78 is 0. The Balaban J connectivity index is 1.54. The largest absolute Gasteiger partial charge is 0.371 e. The molecule has 0 atom stereocenters. The third kappa shape index (κ3) is 5.07. The molecule has 0 saturated carbocycles. The van der Waals surface area contributed by atoms with Crippen molar-refractivity contribution in [1.82, 2.24) is 10.3 Å². The van der Waals surface area contributed by atoms with Crippen molar-refractivity contribution in [2.45, 2.75) is 51.7 Å². The fourth-order valence-corrected chi connectivity index (χ4v) is 4.17. The van der Waals surface area contributed by atoms with Crippen LogP contribution in [0.2, 0.25) is 0 Å². The van der Waals surface area contributed by atoms with Crippen LogP contribution >= 0.6 is 0 Å². The molecule has 0 amide bonds. The van der Waals surface area contributed by atoms with Gasteiger partial charge in [-0.3, -0.25) is 0 Å². The molecule has 0 radical (unpaired) electrons. The second-order valence-electron chi connectivity index (χ2n) is 9.04. The van der Waals surface area contributed by atoms with Gasteiger partial charge in [0, 0.05) is 48.4 Å². The van der Waals surface area contributed by atoms with Crippen LogP contribution in [0.25, 0.3) is 10.9 Å². The van der Waals surface area contributed by atoms with Gasteiger partial charge in [0.25, 0.3) is 0 Å². The summed E-state index contributed by atoms with van der Waals surface area (Å²) in [6, 6.07) is 21.8. The van der Waals surface area contributed by atoms with Crippen LogP contribution in [0.4, 0.5) is 11.5 Å². The molecule has 0 spiro atoms. The number of nitrogens with zero attached hydrogens (tertiary/aromatic N) is 2. The summed E-state index contributed by atoms with van der Waals surface area (Å²) in [6.45, 7) is 9.67. The molecule has 1 aliphatic heterocycles. The summed E-state index contributed by atoms with van der Waals surface area (Å²) in [5.41, 5.74) is 3.78. The van der Waals surface area contributed by atoms with Crippen molar-refractivity contribution in [3.63, 3.8) is 0 Å². The van der Waals surface area contributed by atoms with Crippen LogP contribution in [0.5, 0.6) is 0 Å². The van der Waals surface area contributed by atoms with E-state index in [1.165, 1.54) is 29.5 Å². The lowest BCUT2D eigenvalue weighted by Crippen LogP contribution is -2.49. The molecule has 1 saturated heterocycles. The van der Waals surface area contributed by atoms with Crippen LogP contribution < -0.4 is 15.5 Å². The highest BCUT2D eigenvalue weighted by Crippen LogP contribution is 2.31. The topological polar surface area (TPSA) is 40.2 Å². The molecule has 4 heteroatoms. The third-order valence-electron chi connectivity index (χ3n) is 5.48. The Kier molecular flexibility index (Phi) is 5.72. The average molecular weight is 389 g/mol. The minimum absolute atomic E-state index is 0.171. The molecule has 2 heterocycles. The molecule has 0 unspecified atom stereocenters. The van der Waals surface area contributed by atoms with E-state index in [0.717, 1.165) is 31.0 Å². The maximum absolute atomic E-state index is 4.86. The smallest absolute Gasteiger partial charge is 0.129 e. The van der Waals surface area contributed by atoms with Gasteiger partial charge in [0.15, 0.2) is 0 Å². The Bertz CT molecular complexity index is 938. The first-order valence-electron chi connectivity index (χ1n) is 10.7. The van der Waals surface area contributed by atoms with E-state index < -0.39 is 0 Å². The van der Waals surface area contributed by atoms with Gasteiger partial charge in [-0.25, -0.2) is 4.98 Å². The number of pyridine rings is 1. The highest BCUT2D eigenvalue weighted by Gasteiger charge is 2.24. The lowest BCUT2D eigenvalue weighted by Gasteiger charge is -2.37. The average Bonchev–Trinajstić information content (AvgIpc) is 2.72. The quantitative estimate of drug-likeness (QED) is 0.630. The number of aromatic nitrogens is 1. The van der Waals surface area contributed by atoms with Crippen molar-refractivity contribution in [1.29, 1.82) is 0 Å². The summed E-state index contributed by atoms with van der Waals surface area (Å²) in [5.74, 6) is 0.942. The molecule has 152 valence electrons. The van der Waals surface area contributed by atoms with Gasteiger partial charge in [-0.15, -0.1) is 0 Å². The summed E-state index contributed by atoms with van der Waals surface area (Å²) in [4.78, 5) is 7.39. The fourth-order valence-electron chi connectivity index (χ4n) is 4.17. The number of hydrogen-bond acceptors (Lipinski definition) is 4. The third-order valence-corrected chi connectivity index (χ3v) is 5.48. The zero-order chi connectivity index (χ0) is 20.3. The van der Waals surface area contributed by atoms with Gasteiger partial charge < -0.3 is 15.5 Å². The van der Waals surface area contributed by atoms with Gasteiger partial charge in [0.2, 0.25) is 0 Å². The normalized spacial score (nSPS) is 15.6. The number of fused-ring (bicyclic) bond motifs is 1. The Morgan fingerprint density at radius 1 is 0.966 bits per heavy atom. The predicted octanol–water partition coefficient (Wildman–Crippen LogP) is 5.20. The zero-order valence-corrected chi connectivity index (χ0v) is 17.8. The number of benzene rings is 2. The van der Waals surface area contributed by atoms with Crippen molar-refractivity contribution in [3.05, 3.63) is 66.2 Å². The lowest BCUT2D eigenvalue weighted by molar-refractivity contribution is 0.317. The zero-order valence-electron chi connectivity index (χ0n) is 17.8. The Morgan fingerprint density at radius 3 is 2.38 bits per heavy atom. The van der Waals surface area contributed by atoms with E-state index in [1.54, 1.807) is 0 Å². The molecule has 29 heavy (non-hydrogen) atoms. The number of anilines is 2. The van der Waals surface area contributed by atoms with Gasteiger partial charge in [-0.1, -0.05) is 48.5 Å². The molecular formula is C25H32N4. The van der Waals surface area contributed by atoms with Crippen LogP contribution in [-0.2, 0) is 6.54 Å². The number of nitrogens with one attached hydrogen (secondary N) is 2. The molecule has 1 fully saturated rings. The van der Waals surface area contributed by atoms with Crippen molar-refractivity contribution < 1.29 is 0 Å². The van der Waals surface area contributed by atoms with Crippen LogP contribution in [0.3, 0.4) is 0 Å². The van der Waals surface area contributed by atoms with Crippen LogP contribution in [0.15, 0.2) is 60.7 Å². The van der Waals surface area contributed by atoms with Crippen molar-refractivity contribution in [2.24, 2.45) is 0 Å². The number of piperidine rings is 1. The second kappa shape index (κ2) is 8.42. The summed E-state index contributed by atoms with van der Waals surface area (Å²) in [6.07, 6.45) is 2.33. The number of para-hydroxylation sites is 1. The van der Waals surface area contributed by atoms with Crippen molar-refractivity contribution in [2.75, 3.05) is 23.3 Å². The van der Waals surface area contributed by atoms with E-state index in [4.69, 9.17) is 4.98 Å². The van der Waals surface area contributed by atoms with E-state index in [9.17, 15) is 0 Å². The van der Waals surface area contributed by atoms with Gasteiger partial charge in [0.05, 0.1) is 5.52 Å². The lowest BCUT2D eigenvalue weighted by atomic mass is 9.99. The van der Waals surface area contributed by atoms with Gasteiger partial charge in [0.1, 0.15) is 5.82 Å². The van der Waals surface area contributed by atoms with Crippen molar-refractivity contribution in [3.8, 4) is 0 Å². The first kappa shape index (κ1) is 19.7. The maximum Gasteiger partial charge on any atom is 0.129 e. The van der Waals surface area contributed by atoms with E-state index in [-0.39, 0.29) is 5.54 Å². The van der Waals surface area contributed by atoms with E-state index in [0.29, 0.717) is 6.04 Å². The second-order valence-corrected chi connectivity index (χ2v) is 9.04. The summed E-state index contributed by atoms with van der Waals surface area (Å²) in [5, 5.41) is 8.52. The number of hydrogen-bond donors (Lipinski definition) is 2. The first-order valence-corrected chi connectivity index (χ1v) is 10.7. The summed E-state index contributed by atoms with van der Waals surface area (Å²) >= 11 is 0. The van der Waals surface area contributed by atoms with Crippen LogP contribution in [0, 0.1) is 0 Å². The molecule has 4 nitrogen and oxygen atoms in total. The molecule has 1 aromatic heterocycles. The maximum atomic E-state index is 4.86. The molecule has 4 rings (SSSR count). The van der Waals surface area contributed by atoms with E-state index >= 15 is 0 Å². The SMILES string of the molecule is CC(C)(C)NC1CCN(c2cc(NCc3ccccc3)nc3ccccc23)CC1. The van der Waals surface area contributed by atoms with E-state index in [1.807, 2.05) is 6.07 Å².